The Hall–Kier alpha value is -1.84. The fourth-order valence-corrected chi connectivity index (χ4v) is 5.15. The third-order valence-electron chi connectivity index (χ3n) is 4.47. The summed E-state index contributed by atoms with van der Waals surface area (Å²) in [7, 11) is -3.91. The molecule has 160 valence electrons. The van der Waals surface area contributed by atoms with E-state index >= 15 is 0 Å². The molecule has 0 aliphatic carbocycles. The zero-order valence-electron chi connectivity index (χ0n) is 15.5. The number of sulfonamides is 1. The van der Waals surface area contributed by atoms with Crippen LogP contribution in [0.1, 0.15) is 12.8 Å². The summed E-state index contributed by atoms with van der Waals surface area (Å²) in [5.74, 6) is -1.42. The molecular formula is C19H17Cl3N2O5S. The number of benzene rings is 2. The zero-order valence-corrected chi connectivity index (χ0v) is 18.6. The van der Waals surface area contributed by atoms with Crippen molar-refractivity contribution in [3.8, 4) is 0 Å². The van der Waals surface area contributed by atoms with Gasteiger partial charge >= 0.3 is 5.97 Å². The molecule has 2 aromatic carbocycles. The molecule has 11 heteroatoms. The molecule has 3 rings (SSSR count). The van der Waals surface area contributed by atoms with Crippen LogP contribution in [0.3, 0.4) is 0 Å². The van der Waals surface area contributed by atoms with E-state index in [-0.39, 0.29) is 27.2 Å². The minimum atomic E-state index is -3.91. The summed E-state index contributed by atoms with van der Waals surface area (Å²) < 4.78 is 31.9. The van der Waals surface area contributed by atoms with Crippen LogP contribution in [-0.4, -0.2) is 43.8 Å². The van der Waals surface area contributed by atoms with E-state index < -0.39 is 34.5 Å². The number of ether oxygens (including phenoxy) is 1. The highest BCUT2D eigenvalue weighted by Gasteiger charge is 2.40. The first-order valence-corrected chi connectivity index (χ1v) is 11.5. The third kappa shape index (κ3) is 5.07. The number of hydrogen-bond donors (Lipinski definition) is 1. The SMILES string of the molecule is O=C(COC(=O)C1CCCN1S(=O)(=O)c1ccc(Cl)cc1)Nc1cccc(Cl)c1Cl. The van der Waals surface area contributed by atoms with Crippen LogP contribution in [0.15, 0.2) is 47.4 Å². The van der Waals surface area contributed by atoms with Crippen LogP contribution < -0.4 is 5.32 Å². The number of rotatable bonds is 6. The molecule has 1 aliphatic rings. The maximum atomic E-state index is 12.9. The topological polar surface area (TPSA) is 92.8 Å². The Morgan fingerprint density at radius 2 is 1.80 bits per heavy atom. The smallest absolute Gasteiger partial charge is 0.324 e. The predicted octanol–water partition coefficient (Wildman–Crippen LogP) is 3.98. The second-order valence-corrected chi connectivity index (χ2v) is 9.60. The lowest BCUT2D eigenvalue weighted by molar-refractivity contribution is -0.150. The van der Waals surface area contributed by atoms with Gasteiger partial charge in [-0.2, -0.15) is 4.31 Å². The number of carbonyl (C=O) groups is 2. The summed E-state index contributed by atoms with van der Waals surface area (Å²) in [6.45, 7) is -0.415. The molecule has 1 saturated heterocycles. The normalized spacial score (nSPS) is 17.0. The van der Waals surface area contributed by atoms with Gasteiger partial charge < -0.3 is 10.1 Å². The molecule has 1 amide bonds. The molecule has 1 unspecified atom stereocenters. The number of esters is 1. The van der Waals surface area contributed by atoms with Crippen molar-refractivity contribution in [2.45, 2.75) is 23.8 Å². The summed E-state index contributed by atoms with van der Waals surface area (Å²) >= 11 is 17.7. The fourth-order valence-electron chi connectivity index (χ4n) is 3.02. The van der Waals surface area contributed by atoms with Crippen molar-refractivity contribution >= 4 is 62.4 Å². The molecule has 1 N–H and O–H groups in total. The Morgan fingerprint density at radius 1 is 1.10 bits per heavy atom. The van der Waals surface area contributed by atoms with Crippen LogP contribution in [0.5, 0.6) is 0 Å². The van der Waals surface area contributed by atoms with Crippen LogP contribution in [0.4, 0.5) is 5.69 Å². The van der Waals surface area contributed by atoms with Crippen molar-refractivity contribution in [3.05, 3.63) is 57.5 Å². The van der Waals surface area contributed by atoms with E-state index in [9.17, 15) is 18.0 Å². The molecular weight excluding hydrogens is 475 g/mol. The first-order chi connectivity index (χ1) is 14.2. The predicted molar refractivity (Wildman–Crippen MR) is 114 cm³/mol. The van der Waals surface area contributed by atoms with E-state index in [0.29, 0.717) is 17.9 Å². The highest BCUT2D eigenvalue weighted by molar-refractivity contribution is 7.89. The van der Waals surface area contributed by atoms with Crippen molar-refractivity contribution in [2.24, 2.45) is 0 Å². The van der Waals surface area contributed by atoms with Crippen molar-refractivity contribution in [1.82, 2.24) is 4.31 Å². The second kappa shape index (κ2) is 9.53. The largest absolute Gasteiger partial charge is 0.454 e. The lowest BCUT2D eigenvalue weighted by Crippen LogP contribution is -2.42. The van der Waals surface area contributed by atoms with Crippen LogP contribution in [0, 0.1) is 0 Å². The van der Waals surface area contributed by atoms with E-state index in [0.717, 1.165) is 4.31 Å². The minimum Gasteiger partial charge on any atom is -0.454 e. The molecule has 1 fully saturated rings. The van der Waals surface area contributed by atoms with Gasteiger partial charge in [-0.3, -0.25) is 9.59 Å². The summed E-state index contributed by atoms with van der Waals surface area (Å²) in [4.78, 5) is 24.6. The van der Waals surface area contributed by atoms with Gasteiger partial charge in [0.15, 0.2) is 6.61 Å². The standard InChI is InChI=1S/C19H17Cl3N2O5S/c20-12-6-8-13(9-7-12)30(27,28)24-10-2-5-16(24)19(26)29-11-17(25)23-15-4-1-3-14(21)18(15)22/h1,3-4,6-9,16H,2,5,10-11H2,(H,23,25). The lowest BCUT2D eigenvalue weighted by atomic mass is 10.2. The van der Waals surface area contributed by atoms with Crippen molar-refractivity contribution < 1.29 is 22.7 Å². The number of halogens is 3. The van der Waals surface area contributed by atoms with Gasteiger partial charge in [0, 0.05) is 11.6 Å². The third-order valence-corrected chi connectivity index (χ3v) is 7.46. The van der Waals surface area contributed by atoms with Crippen molar-refractivity contribution in [2.75, 3.05) is 18.5 Å². The fraction of sp³-hybridized carbons (Fsp3) is 0.263. The minimum absolute atomic E-state index is 0.0277. The van der Waals surface area contributed by atoms with Crippen LogP contribution in [0.2, 0.25) is 15.1 Å². The van der Waals surface area contributed by atoms with Gasteiger partial charge in [0.25, 0.3) is 5.91 Å². The number of anilines is 1. The number of amides is 1. The number of carbonyl (C=O) groups excluding carboxylic acids is 2. The first-order valence-electron chi connectivity index (χ1n) is 8.88. The molecule has 2 aromatic rings. The van der Waals surface area contributed by atoms with Gasteiger partial charge in [-0.05, 0) is 49.2 Å². The van der Waals surface area contributed by atoms with Gasteiger partial charge in [0.2, 0.25) is 10.0 Å². The summed E-state index contributed by atoms with van der Waals surface area (Å²) in [5, 5.41) is 3.32. The van der Waals surface area contributed by atoms with E-state index in [1.165, 1.54) is 24.3 Å². The quantitative estimate of drug-likeness (QED) is 0.617. The molecule has 0 radical (unpaired) electrons. The second-order valence-electron chi connectivity index (χ2n) is 6.48. The number of nitrogens with one attached hydrogen (secondary N) is 1. The average Bonchev–Trinajstić information content (AvgIpc) is 3.21. The highest BCUT2D eigenvalue weighted by atomic mass is 35.5. The summed E-state index contributed by atoms with van der Waals surface area (Å²) in [5.41, 5.74) is 0.276. The van der Waals surface area contributed by atoms with Gasteiger partial charge in [-0.15, -0.1) is 0 Å². The molecule has 0 aromatic heterocycles. The molecule has 30 heavy (non-hydrogen) atoms. The van der Waals surface area contributed by atoms with E-state index in [1.54, 1.807) is 18.2 Å². The maximum absolute atomic E-state index is 12.9. The molecule has 0 spiro atoms. The van der Waals surface area contributed by atoms with E-state index in [1.807, 2.05) is 0 Å². The average molecular weight is 492 g/mol. The Balaban J connectivity index is 1.63. The van der Waals surface area contributed by atoms with Gasteiger partial charge in [-0.1, -0.05) is 40.9 Å². The Kier molecular flexibility index (Phi) is 7.26. The van der Waals surface area contributed by atoms with E-state index in [2.05, 4.69) is 5.32 Å². The highest BCUT2D eigenvalue weighted by Crippen LogP contribution is 2.30. The van der Waals surface area contributed by atoms with E-state index in [4.69, 9.17) is 39.5 Å². The molecule has 7 nitrogen and oxygen atoms in total. The van der Waals surface area contributed by atoms with Gasteiger partial charge in [0.05, 0.1) is 20.6 Å². The summed E-state index contributed by atoms with van der Waals surface area (Å²) in [6, 6.07) is 9.38. The van der Waals surface area contributed by atoms with Crippen LogP contribution in [0.25, 0.3) is 0 Å². The van der Waals surface area contributed by atoms with Gasteiger partial charge in [0.1, 0.15) is 6.04 Å². The molecule has 1 aliphatic heterocycles. The Bertz CT molecular complexity index is 1060. The molecule has 0 saturated carbocycles. The van der Waals surface area contributed by atoms with Gasteiger partial charge in [-0.25, -0.2) is 8.42 Å². The molecule has 0 bridgehead atoms. The van der Waals surface area contributed by atoms with Crippen LogP contribution >= 0.6 is 34.8 Å². The number of nitrogens with zero attached hydrogens (tertiary/aromatic N) is 1. The van der Waals surface area contributed by atoms with Crippen molar-refractivity contribution in [3.63, 3.8) is 0 Å². The maximum Gasteiger partial charge on any atom is 0.324 e. The Morgan fingerprint density at radius 3 is 2.50 bits per heavy atom. The summed E-state index contributed by atoms with van der Waals surface area (Å²) in [6.07, 6.45) is 0.796. The monoisotopic (exact) mass is 490 g/mol. The Labute approximate surface area is 188 Å². The molecule has 1 atom stereocenters. The number of hydrogen-bond acceptors (Lipinski definition) is 5. The van der Waals surface area contributed by atoms with Crippen molar-refractivity contribution in [1.29, 1.82) is 0 Å². The lowest BCUT2D eigenvalue weighted by Gasteiger charge is -2.22. The zero-order chi connectivity index (χ0) is 21.9. The first kappa shape index (κ1) is 22.8. The molecule has 1 heterocycles. The van der Waals surface area contributed by atoms with Crippen LogP contribution in [-0.2, 0) is 24.3 Å².